The predicted molar refractivity (Wildman–Crippen MR) is 46.2 cm³/mol. The van der Waals surface area contributed by atoms with E-state index < -0.39 is 0 Å². The topological polar surface area (TPSA) is 26.3 Å². The van der Waals surface area contributed by atoms with Crippen LogP contribution in [-0.2, 0) is 15.6 Å². The Hall–Kier alpha value is -1.09. The molecule has 3 heteroatoms. The average Bonchev–Trinajstić information content (AvgIpc) is 2.06. The van der Waals surface area contributed by atoms with Crippen LogP contribution < -0.4 is 0 Å². The molecule has 0 radical (unpaired) electrons. The summed E-state index contributed by atoms with van der Waals surface area (Å²) >= 11 is 0. The molecule has 0 bridgehead atoms. The van der Waals surface area contributed by atoms with Crippen molar-refractivity contribution in [3.63, 3.8) is 0 Å². The summed E-state index contributed by atoms with van der Waals surface area (Å²) in [6, 6.07) is 9.58. The fourth-order valence-electron chi connectivity index (χ4n) is 0.835. The molecule has 58 valence electrons. The minimum atomic E-state index is -0.136. The Bertz CT molecular complexity index is 233. The molecule has 0 atom stereocenters. The molecule has 0 aliphatic heterocycles. The largest absolute Gasteiger partial charge is 0.528 e. The second-order valence-corrected chi connectivity index (χ2v) is 2.65. The van der Waals surface area contributed by atoms with Gasteiger partial charge < -0.3 is 4.43 Å². The maximum atomic E-state index is 10.8. The molecule has 0 unspecified atom stereocenters. The van der Waals surface area contributed by atoms with Crippen molar-refractivity contribution in [1.82, 2.24) is 0 Å². The zero-order valence-corrected chi connectivity index (χ0v) is 8.41. The summed E-state index contributed by atoms with van der Waals surface area (Å²) in [5.41, 5.74) is 1.01. The van der Waals surface area contributed by atoms with Crippen LogP contribution >= 0.6 is 0 Å². The van der Waals surface area contributed by atoms with Crippen LogP contribution in [0.2, 0.25) is 0 Å². The van der Waals surface area contributed by atoms with Crippen molar-refractivity contribution in [1.29, 1.82) is 0 Å². The molecule has 0 aromatic heterocycles. The fraction of sp³-hybridized carbons (Fsp3) is 0.125. The number of hydrogen-bond donors (Lipinski definition) is 0. The molecule has 0 N–H and O–H groups in total. The first-order valence-electron chi connectivity index (χ1n) is 3.43. The Balaban J connectivity index is 2.58. The Morgan fingerprint density at radius 1 is 1.36 bits per heavy atom. The van der Waals surface area contributed by atoms with Crippen molar-refractivity contribution in [3.8, 4) is 0 Å². The van der Waals surface area contributed by atoms with E-state index >= 15 is 0 Å². The number of carbonyl (C=O) groups is 1. The van der Waals surface area contributed by atoms with Gasteiger partial charge >= 0.3 is 0 Å². The van der Waals surface area contributed by atoms with Gasteiger partial charge in [0.15, 0.2) is 0 Å². The molecule has 1 aromatic carbocycles. The van der Waals surface area contributed by atoms with Crippen LogP contribution in [0.1, 0.15) is 5.56 Å². The molecule has 0 spiro atoms. The van der Waals surface area contributed by atoms with Gasteiger partial charge in [0.25, 0.3) is 5.97 Å². The monoisotopic (exact) mass is 166 g/mol. The van der Waals surface area contributed by atoms with Crippen LogP contribution in [0.5, 0.6) is 0 Å². The zero-order chi connectivity index (χ0) is 8.10. The zero-order valence-electron chi connectivity index (χ0n) is 6.41. The van der Waals surface area contributed by atoms with Crippen molar-refractivity contribution >= 4 is 16.5 Å². The van der Waals surface area contributed by atoms with Crippen LogP contribution in [0.4, 0.5) is 0 Å². The highest BCUT2D eigenvalue weighted by Crippen LogP contribution is 1.99. The van der Waals surface area contributed by atoms with Crippen molar-refractivity contribution in [2.24, 2.45) is 0 Å². The third kappa shape index (κ3) is 2.55. The molecular weight excluding hydrogens is 156 g/mol. The van der Waals surface area contributed by atoms with Gasteiger partial charge in [-0.2, -0.15) is 0 Å². The van der Waals surface area contributed by atoms with Crippen molar-refractivity contribution in [2.45, 2.75) is 6.42 Å². The van der Waals surface area contributed by atoms with E-state index in [0.717, 1.165) is 5.56 Å². The summed E-state index contributed by atoms with van der Waals surface area (Å²) < 4.78 is 4.65. The highest BCUT2D eigenvalue weighted by molar-refractivity contribution is 6.05. The van der Waals surface area contributed by atoms with Crippen LogP contribution in [0.15, 0.2) is 30.3 Å². The van der Waals surface area contributed by atoms with E-state index in [0.29, 0.717) is 16.9 Å². The summed E-state index contributed by atoms with van der Waals surface area (Å²) in [5.74, 6) is -0.136. The van der Waals surface area contributed by atoms with Crippen molar-refractivity contribution < 1.29 is 9.22 Å². The molecule has 0 fully saturated rings. The fourth-order valence-corrected chi connectivity index (χ4v) is 0.979. The van der Waals surface area contributed by atoms with E-state index in [2.05, 4.69) is 4.43 Å². The molecule has 0 aliphatic rings. The SMILES string of the molecule is O=C(Cc1ccccc1)O[SiH3]. The maximum Gasteiger partial charge on any atom is 0.296 e. The minimum Gasteiger partial charge on any atom is -0.528 e. The Morgan fingerprint density at radius 2 is 2.00 bits per heavy atom. The molecule has 2 nitrogen and oxygen atoms in total. The van der Waals surface area contributed by atoms with Gasteiger partial charge in [0.05, 0.1) is 6.42 Å². The Labute approximate surface area is 68.7 Å². The summed E-state index contributed by atoms with van der Waals surface area (Å²) in [7, 11) is 0.484. The lowest BCUT2D eigenvalue weighted by Crippen LogP contribution is -2.04. The lowest BCUT2D eigenvalue weighted by Gasteiger charge is -1.98. The molecular formula is C8H10O2Si. The molecule has 0 amide bonds. The van der Waals surface area contributed by atoms with Gasteiger partial charge in [0.1, 0.15) is 0 Å². The van der Waals surface area contributed by atoms with E-state index in [-0.39, 0.29) is 5.97 Å². The van der Waals surface area contributed by atoms with E-state index in [1.54, 1.807) is 0 Å². The second kappa shape index (κ2) is 3.93. The first-order chi connectivity index (χ1) is 5.33. The quantitative estimate of drug-likeness (QED) is 0.580. The summed E-state index contributed by atoms with van der Waals surface area (Å²) in [4.78, 5) is 10.8. The van der Waals surface area contributed by atoms with Gasteiger partial charge in [-0.1, -0.05) is 30.3 Å². The number of rotatable bonds is 2. The molecule has 0 heterocycles. The van der Waals surface area contributed by atoms with Gasteiger partial charge in [0, 0.05) is 0 Å². The standard InChI is InChI=1S/C8H10O2Si/c9-8(10-11)6-7-4-2-1-3-5-7/h1-5H,6H2,11H3. The van der Waals surface area contributed by atoms with Crippen molar-refractivity contribution in [2.75, 3.05) is 0 Å². The van der Waals surface area contributed by atoms with Gasteiger partial charge in [-0.15, -0.1) is 0 Å². The molecule has 0 saturated carbocycles. The molecule has 1 rings (SSSR count). The van der Waals surface area contributed by atoms with Crippen LogP contribution in [0.25, 0.3) is 0 Å². The van der Waals surface area contributed by atoms with E-state index in [9.17, 15) is 4.79 Å². The molecule has 11 heavy (non-hydrogen) atoms. The predicted octanol–water partition coefficient (Wildman–Crippen LogP) is 0.0527. The number of benzene rings is 1. The van der Waals surface area contributed by atoms with Crippen LogP contribution in [-0.4, -0.2) is 16.5 Å². The van der Waals surface area contributed by atoms with E-state index in [1.165, 1.54) is 0 Å². The summed E-state index contributed by atoms with van der Waals surface area (Å²) in [5, 5.41) is 0. The molecule has 0 aliphatic carbocycles. The molecule has 0 saturated heterocycles. The third-order valence-electron chi connectivity index (χ3n) is 1.42. The summed E-state index contributed by atoms with van der Waals surface area (Å²) in [6.07, 6.45) is 0.393. The summed E-state index contributed by atoms with van der Waals surface area (Å²) in [6.45, 7) is 0. The average molecular weight is 166 g/mol. The third-order valence-corrected chi connectivity index (χ3v) is 1.87. The van der Waals surface area contributed by atoms with Gasteiger partial charge in [-0.05, 0) is 5.56 Å². The van der Waals surface area contributed by atoms with Gasteiger partial charge in [-0.25, -0.2) is 0 Å². The lowest BCUT2D eigenvalue weighted by atomic mass is 10.2. The Morgan fingerprint density at radius 3 is 2.55 bits per heavy atom. The number of hydrogen-bond acceptors (Lipinski definition) is 2. The van der Waals surface area contributed by atoms with Crippen molar-refractivity contribution in [3.05, 3.63) is 35.9 Å². The minimum absolute atomic E-state index is 0.136. The molecule has 1 aromatic rings. The van der Waals surface area contributed by atoms with E-state index in [1.807, 2.05) is 30.3 Å². The first kappa shape index (κ1) is 8.01. The maximum absolute atomic E-state index is 10.8. The Kier molecular flexibility index (Phi) is 2.86. The van der Waals surface area contributed by atoms with Crippen LogP contribution in [0.3, 0.4) is 0 Å². The first-order valence-corrected chi connectivity index (χ1v) is 4.25. The number of carbonyl (C=O) groups excluding carboxylic acids is 1. The normalized spacial score (nSPS) is 9.45. The van der Waals surface area contributed by atoms with Gasteiger partial charge in [-0.3, -0.25) is 4.79 Å². The highest BCUT2D eigenvalue weighted by Gasteiger charge is 1.99. The van der Waals surface area contributed by atoms with Crippen LogP contribution in [0, 0.1) is 0 Å². The van der Waals surface area contributed by atoms with E-state index in [4.69, 9.17) is 0 Å². The second-order valence-electron chi connectivity index (χ2n) is 2.24. The smallest absolute Gasteiger partial charge is 0.296 e. The lowest BCUT2D eigenvalue weighted by molar-refractivity contribution is -0.133. The highest BCUT2D eigenvalue weighted by atomic mass is 28.2. The van der Waals surface area contributed by atoms with Gasteiger partial charge in [0.2, 0.25) is 10.5 Å².